The summed E-state index contributed by atoms with van der Waals surface area (Å²) in [5.74, 6) is 0.647. The Hall–Kier alpha value is -1.20. The molecule has 1 aliphatic rings. The average molecular weight is 209 g/mol. The van der Waals surface area contributed by atoms with Gasteiger partial charge in [0.05, 0.1) is 0 Å². The van der Waals surface area contributed by atoms with E-state index in [0.717, 1.165) is 5.69 Å². The lowest BCUT2D eigenvalue weighted by Crippen LogP contribution is -2.10. The molecule has 0 saturated heterocycles. The van der Waals surface area contributed by atoms with Gasteiger partial charge in [-0.25, -0.2) is 9.97 Å². The number of nitrogens with one attached hydrogen (secondary N) is 1. The van der Waals surface area contributed by atoms with E-state index in [0.29, 0.717) is 12.0 Å². The van der Waals surface area contributed by atoms with Crippen molar-refractivity contribution in [2.45, 2.75) is 25.2 Å². The average Bonchev–Trinajstić information content (AvgIpc) is 3.04. The summed E-state index contributed by atoms with van der Waals surface area (Å²) in [7, 11) is 3.18. The SMILES string of the molecule is COC(OC)c1ccnc(NC2CC2)n1. The van der Waals surface area contributed by atoms with Crippen LogP contribution in [0, 0.1) is 0 Å². The van der Waals surface area contributed by atoms with Crippen LogP contribution in [-0.4, -0.2) is 30.2 Å². The molecule has 5 heteroatoms. The quantitative estimate of drug-likeness (QED) is 0.742. The third-order valence-corrected chi connectivity index (χ3v) is 2.26. The van der Waals surface area contributed by atoms with Gasteiger partial charge in [-0.2, -0.15) is 0 Å². The van der Waals surface area contributed by atoms with Crippen molar-refractivity contribution in [2.75, 3.05) is 19.5 Å². The summed E-state index contributed by atoms with van der Waals surface area (Å²) in [6.07, 6.45) is 3.68. The minimum atomic E-state index is -0.423. The van der Waals surface area contributed by atoms with E-state index >= 15 is 0 Å². The van der Waals surface area contributed by atoms with Crippen molar-refractivity contribution in [3.05, 3.63) is 18.0 Å². The number of anilines is 1. The third-order valence-electron chi connectivity index (χ3n) is 2.26. The Bertz CT molecular complexity index is 324. The van der Waals surface area contributed by atoms with Crippen LogP contribution in [0.3, 0.4) is 0 Å². The van der Waals surface area contributed by atoms with Gasteiger partial charge in [0.25, 0.3) is 0 Å². The van der Waals surface area contributed by atoms with Gasteiger partial charge >= 0.3 is 0 Å². The molecule has 0 spiro atoms. The number of hydrogen-bond acceptors (Lipinski definition) is 5. The third kappa shape index (κ3) is 2.64. The molecule has 0 atom stereocenters. The Morgan fingerprint density at radius 1 is 1.40 bits per heavy atom. The van der Waals surface area contributed by atoms with E-state index in [2.05, 4.69) is 15.3 Å². The minimum absolute atomic E-state index is 0.423. The Labute approximate surface area is 88.8 Å². The molecule has 2 rings (SSSR count). The lowest BCUT2D eigenvalue weighted by atomic mass is 10.4. The zero-order valence-electron chi connectivity index (χ0n) is 8.93. The molecule has 1 N–H and O–H groups in total. The second kappa shape index (κ2) is 4.55. The maximum absolute atomic E-state index is 5.12. The highest BCUT2D eigenvalue weighted by Gasteiger charge is 2.22. The molecule has 0 unspecified atom stereocenters. The van der Waals surface area contributed by atoms with Crippen molar-refractivity contribution in [3.8, 4) is 0 Å². The highest BCUT2D eigenvalue weighted by Crippen LogP contribution is 2.23. The highest BCUT2D eigenvalue weighted by molar-refractivity contribution is 5.29. The molecule has 0 aliphatic heterocycles. The first-order chi connectivity index (χ1) is 7.33. The van der Waals surface area contributed by atoms with Crippen molar-refractivity contribution < 1.29 is 9.47 Å². The molecule has 0 amide bonds. The largest absolute Gasteiger partial charge is 0.351 e. The van der Waals surface area contributed by atoms with Crippen LogP contribution < -0.4 is 5.32 Å². The predicted molar refractivity (Wildman–Crippen MR) is 55.4 cm³/mol. The monoisotopic (exact) mass is 209 g/mol. The van der Waals surface area contributed by atoms with Crippen LogP contribution in [0.1, 0.15) is 24.8 Å². The summed E-state index contributed by atoms with van der Waals surface area (Å²) in [4.78, 5) is 8.46. The topological polar surface area (TPSA) is 56.3 Å². The number of aromatic nitrogens is 2. The summed E-state index contributed by atoms with van der Waals surface area (Å²) in [5.41, 5.74) is 0.734. The predicted octanol–water partition coefficient (Wildman–Crippen LogP) is 1.34. The molecule has 1 saturated carbocycles. The van der Waals surface area contributed by atoms with E-state index in [1.54, 1.807) is 26.5 Å². The van der Waals surface area contributed by atoms with Crippen molar-refractivity contribution in [3.63, 3.8) is 0 Å². The Morgan fingerprint density at radius 3 is 2.73 bits per heavy atom. The van der Waals surface area contributed by atoms with Gasteiger partial charge in [0.2, 0.25) is 12.2 Å². The second-order valence-corrected chi connectivity index (χ2v) is 3.53. The maximum atomic E-state index is 5.12. The lowest BCUT2D eigenvalue weighted by molar-refractivity contribution is -0.108. The van der Waals surface area contributed by atoms with E-state index < -0.39 is 6.29 Å². The molecule has 15 heavy (non-hydrogen) atoms. The van der Waals surface area contributed by atoms with Gasteiger partial charge in [0.15, 0.2) is 0 Å². The summed E-state index contributed by atoms with van der Waals surface area (Å²) in [6, 6.07) is 2.33. The van der Waals surface area contributed by atoms with Crippen LogP contribution >= 0.6 is 0 Å². The summed E-state index contributed by atoms with van der Waals surface area (Å²) in [6.45, 7) is 0. The number of hydrogen-bond donors (Lipinski definition) is 1. The van der Waals surface area contributed by atoms with Crippen LogP contribution in [0.4, 0.5) is 5.95 Å². The molecule has 82 valence electrons. The van der Waals surface area contributed by atoms with E-state index in [-0.39, 0.29) is 0 Å². The maximum Gasteiger partial charge on any atom is 0.223 e. The van der Waals surface area contributed by atoms with Crippen molar-refractivity contribution in [1.82, 2.24) is 9.97 Å². The molecule has 1 aromatic heterocycles. The van der Waals surface area contributed by atoms with E-state index in [1.807, 2.05) is 0 Å². The van der Waals surface area contributed by atoms with E-state index in [1.165, 1.54) is 12.8 Å². The van der Waals surface area contributed by atoms with Crippen molar-refractivity contribution in [2.24, 2.45) is 0 Å². The van der Waals surface area contributed by atoms with Crippen LogP contribution in [0.25, 0.3) is 0 Å². The van der Waals surface area contributed by atoms with Gasteiger partial charge in [-0.1, -0.05) is 0 Å². The Balaban J connectivity index is 2.09. The first kappa shape index (κ1) is 10.3. The smallest absolute Gasteiger partial charge is 0.223 e. The Morgan fingerprint density at radius 2 is 2.13 bits per heavy atom. The molecule has 0 radical (unpaired) electrons. The zero-order chi connectivity index (χ0) is 10.7. The van der Waals surface area contributed by atoms with Crippen molar-refractivity contribution >= 4 is 5.95 Å². The van der Waals surface area contributed by atoms with Crippen molar-refractivity contribution in [1.29, 1.82) is 0 Å². The zero-order valence-corrected chi connectivity index (χ0v) is 8.93. The number of nitrogens with zero attached hydrogens (tertiary/aromatic N) is 2. The lowest BCUT2D eigenvalue weighted by Gasteiger charge is -2.13. The highest BCUT2D eigenvalue weighted by atomic mass is 16.7. The number of rotatable bonds is 5. The summed E-state index contributed by atoms with van der Waals surface area (Å²) in [5, 5.41) is 3.23. The van der Waals surface area contributed by atoms with E-state index in [4.69, 9.17) is 9.47 Å². The molecule has 1 aromatic rings. The first-order valence-corrected chi connectivity index (χ1v) is 4.98. The van der Waals surface area contributed by atoms with Gasteiger partial charge in [0.1, 0.15) is 5.69 Å². The van der Waals surface area contributed by atoms with E-state index in [9.17, 15) is 0 Å². The molecule has 1 fully saturated rings. The number of methoxy groups -OCH3 is 2. The minimum Gasteiger partial charge on any atom is -0.351 e. The van der Waals surface area contributed by atoms with Crippen LogP contribution in [0.5, 0.6) is 0 Å². The molecule has 1 heterocycles. The van der Waals surface area contributed by atoms with Crippen LogP contribution in [-0.2, 0) is 9.47 Å². The molecule has 1 aliphatic carbocycles. The standard InChI is InChI=1S/C10H15N3O2/c1-14-9(15-2)8-5-6-11-10(13-8)12-7-3-4-7/h5-7,9H,3-4H2,1-2H3,(H,11,12,13). The van der Waals surface area contributed by atoms with Gasteiger partial charge in [-0.05, 0) is 18.9 Å². The van der Waals surface area contributed by atoms with Gasteiger partial charge < -0.3 is 14.8 Å². The normalized spacial score (nSPS) is 15.7. The van der Waals surface area contributed by atoms with Gasteiger partial charge in [-0.15, -0.1) is 0 Å². The van der Waals surface area contributed by atoms with Crippen LogP contribution in [0.15, 0.2) is 12.3 Å². The fourth-order valence-electron chi connectivity index (χ4n) is 1.32. The molecule has 0 aromatic carbocycles. The fraction of sp³-hybridized carbons (Fsp3) is 0.600. The summed E-state index contributed by atoms with van der Waals surface area (Å²) >= 11 is 0. The molecule has 5 nitrogen and oxygen atoms in total. The Kier molecular flexibility index (Phi) is 3.13. The molecular formula is C10H15N3O2. The summed E-state index contributed by atoms with van der Waals surface area (Å²) < 4.78 is 10.2. The first-order valence-electron chi connectivity index (χ1n) is 4.98. The fourth-order valence-corrected chi connectivity index (χ4v) is 1.32. The van der Waals surface area contributed by atoms with Gasteiger partial charge in [0, 0.05) is 26.5 Å². The number of ether oxygens (including phenoxy) is 2. The second-order valence-electron chi connectivity index (χ2n) is 3.53. The molecule has 0 bridgehead atoms. The molecular weight excluding hydrogens is 194 g/mol. The van der Waals surface area contributed by atoms with Gasteiger partial charge in [-0.3, -0.25) is 0 Å². The van der Waals surface area contributed by atoms with Crippen LogP contribution in [0.2, 0.25) is 0 Å².